The van der Waals surface area contributed by atoms with Crippen LogP contribution in [0.15, 0.2) is 6.20 Å². The highest BCUT2D eigenvalue weighted by atomic mass is 15.2. The second-order valence-electron chi connectivity index (χ2n) is 3.46. The van der Waals surface area contributed by atoms with Gasteiger partial charge in [0.15, 0.2) is 0 Å². The Labute approximate surface area is 90.5 Å². The molecule has 1 aromatic heterocycles. The van der Waals surface area contributed by atoms with Crippen molar-refractivity contribution in [2.24, 2.45) is 11.5 Å². The first kappa shape index (κ1) is 11.9. The minimum Gasteiger partial charge on any atom is -0.353 e. The number of hydrogen-bond acceptors (Lipinski definition) is 5. The van der Waals surface area contributed by atoms with Gasteiger partial charge in [0.05, 0.1) is 17.6 Å². The van der Waals surface area contributed by atoms with E-state index < -0.39 is 0 Å². The summed E-state index contributed by atoms with van der Waals surface area (Å²) >= 11 is 0. The summed E-state index contributed by atoms with van der Waals surface area (Å²) in [5, 5.41) is 0. The Kier molecular flexibility index (Phi) is 4.45. The maximum Gasteiger partial charge on any atom is 0.147 e. The third-order valence-corrected chi connectivity index (χ3v) is 2.30. The number of anilines is 1. The van der Waals surface area contributed by atoms with Crippen LogP contribution in [0.3, 0.4) is 0 Å². The van der Waals surface area contributed by atoms with E-state index in [2.05, 4.69) is 14.9 Å². The zero-order chi connectivity index (χ0) is 11.3. The molecule has 0 bridgehead atoms. The van der Waals surface area contributed by atoms with E-state index in [1.165, 1.54) is 0 Å². The van der Waals surface area contributed by atoms with E-state index in [9.17, 15) is 0 Å². The van der Waals surface area contributed by atoms with Gasteiger partial charge in [-0.15, -0.1) is 0 Å². The zero-order valence-electron chi connectivity index (χ0n) is 9.40. The van der Waals surface area contributed by atoms with Crippen molar-refractivity contribution in [2.75, 3.05) is 31.1 Å². The van der Waals surface area contributed by atoms with Crippen molar-refractivity contribution in [2.45, 2.75) is 13.8 Å². The van der Waals surface area contributed by atoms with Crippen molar-refractivity contribution >= 4 is 5.82 Å². The van der Waals surface area contributed by atoms with Gasteiger partial charge in [-0.2, -0.15) is 0 Å². The molecule has 1 aromatic rings. The highest BCUT2D eigenvalue weighted by Gasteiger charge is 2.07. The maximum absolute atomic E-state index is 5.53. The fraction of sp³-hybridized carbons (Fsp3) is 0.600. The Hall–Kier alpha value is -1.20. The smallest absolute Gasteiger partial charge is 0.147 e. The number of nitrogens with zero attached hydrogens (tertiary/aromatic N) is 3. The van der Waals surface area contributed by atoms with Gasteiger partial charge in [-0.3, -0.25) is 4.98 Å². The zero-order valence-corrected chi connectivity index (χ0v) is 9.40. The molecule has 0 saturated heterocycles. The lowest BCUT2D eigenvalue weighted by atomic mass is 10.3. The van der Waals surface area contributed by atoms with Crippen LogP contribution in [0.5, 0.6) is 0 Å². The summed E-state index contributed by atoms with van der Waals surface area (Å²) in [5.41, 5.74) is 13.0. The van der Waals surface area contributed by atoms with Gasteiger partial charge in [-0.1, -0.05) is 0 Å². The summed E-state index contributed by atoms with van der Waals surface area (Å²) in [6.07, 6.45) is 1.77. The van der Waals surface area contributed by atoms with Gasteiger partial charge in [-0.25, -0.2) is 4.98 Å². The molecule has 0 radical (unpaired) electrons. The van der Waals surface area contributed by atoms with Crippen LogP contribution in [0.1, 0.15) is 11.4 Å². The van der Waals surface area contributed by atoms with Gasteiger partial charge in [0.25, 0.3) is 0 Å². The van der Waals surface area contributed by atoms with E-state index in [0.29, 0.717) is 13.1 Å². The van der Waals surface area contributed by atoms with E-state index in [0.717, 1.165) is 30.3 Å². The lowest BCUT2D eigenvalue weighted by molar-refractivity contribution is 0.763. The Morgan fingerprint density at radius 1 is 1.13 bits per heavy atom. The van der Waals surface area contributed by atoms with Crippen LogP contribution < -0.4 is 16.4 Å². The van der Waals surface area contributed by atoms with Crippen LogP contribution in [-0.4, -0.2) is 36.1 Å². The van der Waals surface area contributed by atoms with Crippen LogP contribution in [0.2, 0.25) is 0 Å². The minimum atomic E-state index is 0.592. The largest absolute Gasteiger partial charge is 0.353 e. The highest BCUT2D eigenvalue weighted by Crippen LogP contribution is 2.10. The molecule has 0 fully saturated rings. The summed E-state index contributed by atoms with van der Waals surface area (Å²) in [4.78, 5) is 10.8. The first-order valence-corrected chi connectivity index (χ1v) is 5.14. The summed E-state index contributed by atoms with van der Waals surface area (Å²) in [5.74, 6) is 0.856. The number of nitrogens with two attached hydrogens (primary N) is 2. The van der Waals surface area contributed by atoms with Crippen molar-refractivity contribution in [3.63, 3.8) is 0 Å². The molecule has 5 heteroatoms. The summed E-state index contributed by atoms with van der Waals surface area (Å²) in [6.45, 7) is 6.60. The van der Waals surface area contributed by atoms with Crippen LogP contribution in [0, 0.1) is 13.8 Å². The van der Waals surface area contributed by atoms with Gasteiger partial charge >= 0.3 is 0 Å². The number of rotatable bonds is 5. The summed E-state index contributed by atoms with van der Waals surface area (Å²) in [6, 6.07) is 0. The lowest BCUT2D eigenvalue weighted by Gasteiger charge is -2.22. The third-order valence-electron chi connectivity index (χ3n) is 2.30. The van der Waals surface area contributed by atoms with E-state index in [1.807, 2.05) is 13.8 Å². The van der Waals surface area contributed by atoms with E-state index >= 15 is 0 Å². The fourth-order valence-electron chi connectivity index (χ4n) is 1.33. The van der Waals surface area contributed by atoms with Gasteiger partial charge < -0.3 is 16.4 Å². The monoisotopic (exact) mass is 209 g/mol. The Morgan fingerprint density at radius 3 is 2.20 bits per heavy atom. The molecule has 84 valence electrons. The van der Waals surface area contributed by atoms with Crippen LogP contribution in [0.25, 0.3) is 0 Å². The Balaban J connectivity index is 2.85. The fourth-order valence-corrected chi connectivity index (χ4v) is 1.33. The molecule has 15 heavy (non-hydrogen) atoms. The number of aryl methyl sites for hydroxylation is 2. The van der Waals surface area contributed by atoms with E-state index in [1.54, 1.807) is 6.20 Å². The van der Waals surface area contributed by atoms with Crippen LogP contribution in [-0.2, 0) is 0 Å². The molecule has 0 spiro atoms. The van der Waals surface area contributed by atoms with Crippen molar-refractivity contribution in [1.29, 1.82) is 0 Å². The standard InChI is InChI=1S/C10H19N5/c1-8-9(2)14-10(7-13-8)15(5-3-11)6-4-12/h7H,3-6,11-12H2,1-2H3. The van der Waals surface area contributed by atoms with Crippen molar-refractivity contribution in [3.8, 4) is 0 Å². The molecule has 5 nitrogen and oxygen atoms in total. The normalized spacial score (nSPS) is 10.4. The first-order chi connectivity index (χ1) is 7.19. The molecular weight excluding hydrogens is 190 g/mol. The molecule has 0 unspecified atom stereocenters. The highest BCUT2D eigenvalue weighted by molar-refractivity contribution is 5.37. The molecule has 0 aromatic carbocycles. The van der Waals surface area contributed by atoms with Crippen molar-refractivity contribution in [3.05, 3.63) is 17.6 Å². The molecule has 0 saturated carbocycles. The molecule has 1 rings (SSSR count). The van der Waals surface area contributed by atoms with Gasteiger partial charge in [0, 0.05) is 26.2 Å². The van der Waals surface area contributed by atoms with Gasteiger partial charge in [-0.05, 0) is 13.8 Å². The van der Waals surface area contributed by atoms with E-state index in [-0.39, 0.29) is 0 Å². The molecule has 0 aliphatic heterocycles. The predicted molar refractivity (Wildman–Crippen MR) is 61.8 cm³/mol. The van der Waals surface area contributed by atoms with Gasteiger partial charge in [0.2, 0.25) is 0 Å². The van der Waals surface area contributed by atoms with E-state index in [4.69, 9.17) is 11.5 Å². The summed E-state index contributed by atoms with van der Waals surface area (Å²) in [7, 11) is 0. The Morgan fingerprint density at radius 2 is 1.73 bits per heavy atom. The van der Waals surface area contributed by atoms with Crippen molar-refractivity contribution < 1.29 is 0 Å². The maximum atomic E-state index is 5.53. The average molecular weight is 209 g/mol. The van der Waals surface area contributed by atoms with Crippen LogP contribution in [0.4, 0.5) is 5.82 Å². The summed E-state index contributed by atoms with van der Waals surface area (Å²) < 4.78 is 0. The molecule has 0 atom stereocenters. The average Bonchev–Trinajstić information content (AvgIpc) is 2.22. The number of hydrogen-bond donors (Lipinski definition) is 2. The second-order valence-corrected chi connectivity index (χ2v) is 3.46. The number of aromatic nitrogens is 2. The topological polar surface area (TPSA) is 81.1 Å². The molecule has 1 heterocycles. The first-order valence-electron chi connectivity index (χ1n) is 5.14. The minimum absolute atomic E-state index is 0.592. The molecule has 4 N–H and O–H groups in total. The SMILES string of the molecule is Cc1ncc(N(CCN)CCN)nc1C. The molecule has 0 aliphatic carbocycles. The van der Waals surface area contributed by atoms with Crippen LogP contribution >= 0.6 is 0 Å². The quantitative estimate of drug-likeness (QED) is 0.703. The second kappa shape index (κ2) is 5.63. The molecule has 0 amide bonds. The van der Waals surface area contributed by atoms with Crippen molar-refractivity contribution in [1.82, 2.24) is 9.97 Å². The molecule has 0 aliphatic rings. The predicted octanol–water partition coefficient (Wildman–Crippen LogP) is -0.183. The molecular formula is C10H19N5. The third kappa shape index (κ3) is 3.14. The van der Waals surface area contributed by atoms with Gasteiger partial charge in [0.1, 0.15) is 5.82 Å². The lowest BCUT2D eigenvalue weighted by Crippen LogP contribution is -2.34. The Bertz CT molecular complexity index is 307.